The number of aromatic nitrogens is 2. The Morgan fingerprint density at radius 2 is 1.88 bits per heavy atom. The van der Waals surface area contributed by atoms with Crippen LogP contribution in [0.2, 0.25) is 0 Å². The lowest BCUT2D eigenvalue weighted by Crippen LogP contribution is -2.31. The molecule has 1 aromatic heterocycles. The molecule has 1 amide bonds. The van der Waals surface area contributed by atoms with Gasteiger partial charge in [-0.2, -0.15) is 5.10 Å². The number of amides is 1. The van der Waals surface area contributed by atoms with E-state index in [2.05, 4.69) is 5.10 Å². The van der Waals surface area contributed by atoms with Gasteiger partial charge in [-0.1, -0.05) is 42.5 Å². The SMILES string of the molecule is COCCn1nc(C(=O)N(C)Cc2cccc3ccccc23)ccc1=O. The largest absolute Gasteiger partial charge is 0.383 e. The summed E-state index contributed by atoms with van der Waals surface area (Å²) in [5, 5.41) is 6.42. The number of fused-ring (bicyclic) bond motifs is 1. The van der Waals surface area contributed by atoms with E-state index < -0.39 is 0 Å². The molecule has 0 atom stereocenters. The van der Waals surface area contributed by atoms with Crippen molar-refractivity contribution in [3.05, 3.63) is 76.2 Å². The molecule has 1 heterocycles. The van der Waals surface area contributed by atoms with Crippen molar-refractivity contribution in [2.24, 2.45) is 0 Å². The predicted octanol–water partition coefficient (Wildman–Crippen LogP) is 2.32. The van der Waals surface area contributed by atoms with E-state index in [1.54, 1.807) is 19.1 Å². The summed E-state index contributed by atoms with van der Waals surface area (Å²) >= 11 is 0. The number of rotatable bonds is 6. The van der Waals surface area contributed by atoms with E-state index in [1.807, 2.05) is 42.5 Å². The van der Waals surface area contributed by atoms with Crippen molar-refractivity contribution < 1.29 is 9.53 Å². The van der Waals surface area contributed by atoms with Gasteiger partial charge in [0.25, 0.3) is 11.5 Å². The third kappa shape index (κ3) is 3.81. The number of ether oxygens (including phenoxy) is 1. The van der Waals surface area contributed by atoms with Gasteiger partial charge in [-0.25, -0.2) is 4.68 Å². The topological polar surface area (TPSA) is 64.4 Å². The first-order valence-corrected chi connectivity index (χ1v) is 8.39. The summed E-state index contributed by atoms with van der Waals surface area (Å²) in [5.74, 6) is -0.232. The Balaban J connectivity index is 1.82. The summed E-state index contributed by atoms with van der Waals surface area (Å²) < 4.78 is 6.23. The Hall–Kier alpha value is -2.99. The second-order valence-electron chi connectivity index (χ2n) is 6.07. The number of hydrogen-bond acceptors (Lipinski definition) is 4. The number of benzene rings is 2. The highest BCUT2D eigenvalue weighted by Crippen LogP contribution is 2.20. The van der Waals surface area contributed by atoms with Crippen LogP contribution in [0.5, 0.6) is 0 Å². The van der Waals surface area contributed by atoms with Gasteiger partial charge in [-0.05, 0) is 22.4 Å². The monoisotopic (exact) mass is 351 g/mol. The molecule has 0 radical (unpaired) electrons. The normalized spacial score (nSPS) is 10.8. The fraction of sp³-hybridized carbons (Fsp3) is 0.250. The molecule has 0 bridgehead atoms. The minimum absolute atomic E-state index is 0.232. The Bertz CT molecular complexity index is 976. The zero-order valence-corrected chi connectivity index (χ0v) is 14.9. The molecule has 6 nitrogen and oxygen atoms in total. The first kappa shape index (κ1) is 17.8. The van der Waals surface area contributed by atoms with Gasteiger partial charge >= 0.3 is 0 Å². The second-order valence-corrected chi connectivity index (χ2v) is 6.07. The van der Waals surface area contributed by atoms with E-state index in [1.165, 1.54) is 16.8 Å². The highest BCUT2D eigenvalue weighted by Gasteiger charge is 2.16. The number of carbonyl (C=O) groups excluding carboxylic acids is 1. The van der Waals surface area contributed by atoms with Crippen molar-refractivity contribution in [1.29, 1.82) is 0 Å². The minimum Gasteiger partial charge on any atom is -0.383 e. The maximum absolute atomic E-state index is 12.7. The highest BCUT2D eigenvalue weighted by atomic mass is 16.5. The van der Waals surface area contributed by atoms with Crippen molar-refractivity contribution in [2.75, 3.05) is 20.8 Å². The van der Waals surface area contributed by atoms with Gasteiger partial charge in [0.15, 0.2) is 0 Å². The van der Waals surface area contributed by atoms with Crippen molar-refractivity contribution in [1.82, 2.24) is 14.7 Å². The van der Waals surface area contributed by atoms with Gasteiger partial charge in [0.2, 0.25) is 0 Å². The minimum atomic E-state index is -0.254. The smallest absolute Gasteiger partial charge is 0.274 e. The van der Waals surface area contributed by atoms with E-state index in [0.29, 0.717) is 19.7 Å². The standard InChI is InChI=1S/C20H21N3O3/c1-22(14-16-8-5-7-15-6-3-4-9-17(15)16)20(25)18-10-11-19(24)23(21-18)12-13-26-2/h3-11H,12-14H2,1-2H3. The molecule has 0 fully saturated rings. The Kier molecular flexibility index (Phi) is 5.43. The zero-order valence-electron chi connectivity index (χ0n) is 14.9. The fourth-order valence-corrected chi connectivity index (χ4v) is 2.85. The number of methoxy groups -OCH3 is 1. The van der Waals surface area contributed by atoms with Crippen LogP contribution in [0, 0.1) is 0 Å². The Morgan fingerprint density at radius 3 is 2.69 bits per heavy atom. The number of nitrogens with zero attached hydrogens (tertiary/aromatic N) is 3. The summed E-state index contributed by atoms with van der Waals surface area (Å²) in [7, 11) is 3.29. The quantitative estimate of drug-likeness (QED) is 0.684. The van der Waals surface area contributed by atoms with Crippen LogP contribution in [0.15, 0.2) is 59.4 Å². The molecule has 0 aliphatic rings. The number of hydrogen-bond donors (Lipinski definition) is 0. The molecule has 3 rings (SSSR count). The van der Waals surface area contributed by atoms with E-state index in [4.69, 9.17) is 4.74 Å². The van der Waals surface area contributed by atoms with Crippen LogP contribution in [0.25, 0.3) is 10.8 Å². The van der Waals surface area contributed by atoms with Crippen molar-refractivity contribution >= 4 is 16.7 Å². The zero-order chi connectivity index (χ0) is 18.5. The predicted molar refractivity (Wildman–Crippen MR) is 100 cm³/mol. The molecule has 0 aliphatic carbocycles. The molecule has 0 saturated carbocycles. The third-order valence-corrected chi connectivity index (χ3v) is 4.23. The van der Waals surface area contributed by atoms with Crippen LogP contribution < -0.4 is 5.56 Å². The van der Waals surface area contributed by atoms with Crippen molar-refractivity contribution in [2.45, 2.75) is 13.1 Å². The third-order valence-electron chi connectivity index (χ3n) is 4.23. The van der Waals surface area contributed by atoms with Crippen LogP contribution in [0.3, 0.4) is 0 Å². The van der Waals surface area contributed by atoms with E-state index >= 15 is 0 Å². The van der Waals surface area contributed by atoms with Crippen molar-refractivity contribution in [3.8, 4) is 0 Å². The molecular weight excluding hydrogens is 330 g/mol. The van der Waals surface area contributed by atoms with Crippen molar-refractivity contribution in [3.63, 3.8) is 0 Å². The first-order valence-electron chi connectivity index (χ1n) is 8.39. The molecule has 0 N–H and O–H groups in total. The molecular formula is C20H21N3O3. The van der Waals surface area contributed by atoms with Gasteiger partial charge in [-0.15, -0.1) is 0 Å². The van der Waals surface area contributed by atoms with Crippen LogP contribution >= 0.6 is 0 Å². The lowest BCUT2D eigenvalue weighted by molar-refractivity contribution is 0.0776. The summed E-state index contributed by atoms with van der Waals surface area (Å²) in [6.45, 7) is 1.12. The maximum atomic E-state index is 12.7. The molecule has 2 aromatic carbocycles. The molecule has 3 aromatic rings. The van der Waals surface area contributed by atoms with Crippen LogP contribution in [-0.4, -0.2) is 41.4 Å². The Labute approximate surface area is 151 Å². The number of carbonyl (C=O) groups is 1. The average Bonchev–Trinajstić information content (AvgIpc) is 2.67. The van der Waals surface area contributed by atoms with Crippen LogP contribution in [0.4, 0.5) is 0 Å². The van der Waals surface area contributed by atoms with Gasteiger partial charge in [0.05, 0.1) is 13.2 Å². The summed E-state index contributed by atoms with van der Waals surface area (Å²) in [4.78, 5) is 26.2. The summed E-state index contributed by atoms with van der Waals surface area (Å²) in [5.41, 5.74) is 1.05. The second kappa shape index (κ2) is 7.93. The Morgan fingerprint density at radius 1 is 1.12 bits per heavy atom. The molecule has 0 unspecified atom stereocenters. The van der Waals surface area contributed by atoms with Gasteiger partial charge in [-0.3, -0.25) is 9.59 Å². The summed E-state index contributed by atoms with van der Waals surface area (Å²) in [6.07, 6.45) is 0. The molecule has 6 heteroatoms. The average molecular weight is 351 g/mol. The van der Waals surface area contributed by atoms with E-state index in [-0.39, 0.29) is 17.2 Å². The molecule has 134 valence electrons. The lowest BCUT2D eigenvalue weighted by atomic mass is 10.0. The maximum Gasteiger partial charge on any atom is 0.274 e. The molecule has 0 spiro atoms. The molecule has 0 saturated heterocycles. The van der Waals surface area contributed by atoms with Gasteiger partial charge in [0, 0.05) is 26.8 Å². The van der Waals surface area contributed by atoms with Crippen LogP contribution in [-0.2, 0) is 17.8 Å². The lowest BCUT2D eigenvalue weighted by Gasteiger charge is -2.18. The van der Waals surface area contributed by atoms with Gasteiger partial charge in [0.1, 0.15) is 5.69 Å². The van der Waals surface area contributed by atoms with Gasteiger partial charge < -0.3 is 9.64 Å². The summed E-state index contributed by atoms with van der Waals surface area (Å²) in [6, 6.07) is 17.0. The fourth-order valence-electron chi connectivity index (χ4n) is 2.85. The molecule has 26 heavy (non-hydrogen) atoms. The highest BCUT2D eigenvalue weighted by molar-refractivity contribution is 5.92. The van der Waals surface area contributed by atoms with Crippen LogP contribution in [0.1, 0.15) is 16.1 Å². The first-order chi connectivity index (χ1) is 12.6. The van der Waals surface area contributed by atoms with E-state index in [0.717, 1.165) is 16.3 Å². The molecule has 0 aliphatic heterocycles. The van der Waals surface area contributed by atoms with E-state index in [9.17, 15) is 9.59 Å².